The number of pyridine rings is 1. The van der Waals surface area contributed by atoms with Gasteiger partial charge < -0.3 is 14.0 Å². The van der Waals surface area contributed by atoms with Gasteiger partial charge in [0.05, 0.1) is 18.6 Å². The molecule has 186 valence electrons. The topological polar surface area (TPSA) is 104 Å². The van der Waals surface area contributed by atoms with Gasteiger partial charge in [-0.05, 0) is 46.1 Å². The molecule has 0 radical (unpaired) electrons. The van der Waals surface area contributed by atoms with E-state index in [0.29, 0.717) is 22.8 Å². The zero-order valence-corrected chi connectivity index (χ0v) is 20.8. The smallest absolute Gasteiger partial charge is 0.339 e. The van der Waals surface area contributed by atoms with E-state index >= 15 is 0 Å². The molecule has 0 spiro atoms. The van der Waals surface area contributed by atoms with Crippen LogP contribution in [0.3, 0.4) is 0 Å². The fourth-order valence-electron chi connectivity index (χ4n) is 4.43. The molecule has 0 aromatic carbocycles. The quantitative estimate of drug-likeness (QED) is 0.396. The monoisotopic (exact) mass is 471 g/mol. The van der Waals surface area contributed by atoms with Crippen molar-refractivity contribution in [3.05, 3.63) is 29.9 Å². The number of rotatable bonds is 10. The molecule has 0 bridgehead atoms. The molecule has 0 N–H and O–H groups in total. The van der Waals surface area contributed by atoms with Crippen molar-refractivity contribution in [3.8, 4) is 11.4 Å². The van der Waals surface area contributed by atoms with Gasteiger partial charge in [0, 0.05) is 23.9 Å². The van der Waals surface area contributed by atoms with Crippen molar-refractivity contribution in [2.24, 2.45) is 5.92 Å². The number of carbonyl (C=O) groups is 2. The highest BCUT2D eigenvalue weighted by Gasteiger charge is 2.27. The molecule has 1 unspecified atom stereocenters. The second kappa shape index (κ2) is 12.1. The lowest BCUT2D eigenvalue weighted by Crippen LogP contribution is -2.25. The second-order valence-electron chi connectivity index (χ2n) is 10.1. The van der Waals surface area contributed by atoms with E-state index in [-0.39, 0.29) is 24.9 Å². The minimum Gasteiger partial charge on any atom is -0.462 e. The summed E-state index contributed by atoms with van der Waals surface area (Å²) in [4.78, 5) is 33.3. The number of hydrogen-bond acceptors (Lipinski definition) is 8. The molecule has 2 heterocycles. The highest BCUT2D eigenvalue weighted by molar-refractivity contribution is 5.90. The molecule has 3 rings (SSSR count). The van der Waals surface area contributed by atoms with Crippen molar-refractivity contribution in [1.29, 1.82) is 0 Å². The fourth-order valence-corrected chi connectivity index (χ4v) is 4.43. The lowest BCUT2D eigenvalue weighted by Gasteiger charge is -2.23. The maximum atomic E-state index is 12.6. The predicted molar refractivity (Wildman–Crippen MR) is 127 cm³/mol. The fraction of sp³-hybridized carbons (Fsp3) is 0.654. The minimum absolute atomic E-state index is 0.185. The van der Waals surface area contributed by atoms with Crippen molar-refractivity contribution in [1.82, 2.24) is 15.1 Å². The molecule has 1 fully saturated rings. The van der Waals surface area contributed by atoms with Crippen LogP contribution in [0.1, 0.15) is 108 Å². The Hall–Kier alpha value is -2.77. The Morgan fingerprint density at radius 2 is 1.94 bits per heavy atom. The van der Waals surface area contributed by atoms with Crippen LogP contribution in [0.2, 0.25) is 0 Å². The SMILES string of the molecule is CCOC(=O)c1cncc(-c2noc(C(CCCC3CCCCC3)CC(=O)OC(C)(C)C)n2)c1. The van der Waals surface area contributed by atoms with Gasteiger partial charge >= 0.3 is 11.9 Å². The first-order valence-electron chi connectivity index (χ1n) is 12.4. The summed E-state index contributed by atoms with van der Waals surface area (Å²) < 4.78 is 16.2. The molecule has 0 saturated heterocycles. The highest BCUT2D eigenvalue weighted by atomic mass is 16.6. The third-order valence-corrected chi connectivity index (χ3v) is 6.02. The normalized spacial score (nSPS) is 15.6. The molecule has 8 heteroatoms. The third-order valence-electron chi connectivity index (χ3n) is 6.02. The standard InChI is InChI=1S/C26H37N3O5/c1-5-32-25(31)21-14-20(16-27-17-21)23-28-24(34-29-23)19(15-22(30)33-26(2,3)4)13-9-12-18-10-7-6-8-11-18/h14,16-19H,5-13,15H2,1-4H3. The van der Waals surface area contributed by atoms with Crippen LogP contribution in [0.15, 0.2) is 23.0 Å². The van der Waals surface area contributed by atoms with Gasteiger partial charge in [0.15, 0.2) is 0 Å². The molecule has 1 aliphatic rings. The first-order valence-corrected chi connectivity index (χ1v) is 12.4. The summed E-state index contributed by atoms with van der Waals surface area (Å²) in [6.45, 7) is 7.61. The van der Waals surface area contributed by atoms with E-state index in [1.807, 2.05) is 20.8 Å². The maximum Gasteiger partial charge on any atom is 0.339 e. The summed E-state index contributed by atoms with van der Waals surface area (Å²) in [5.74, 6) is 0.555. The molecule has 0 aliphatic heterocycles. The molecule has 2 aromatic rings. The second-order valence-corrected chi connectivity index (χ2v) is 10.1. The van der Waals surface area contributed by atoms with E-state index in [4.69, 9.17) is 14.0 Å². The maximum absolute atomic E-state index is 12.6. The first-order chi connectivity index (χ1) is 16.2. The number of carbonyl (C=O) groups excluding carboxylic acids is 2. The highest BCUT2D eigenvalue weighted by Crippen LogP contribution is 2.32. The molecular formula is C26H37N3O5. The summed E-state index contributed by atoms with van der Waals surface area (Å²) in [6.07, 6.45) is 12.7. The van der Waals surface area contributed by atoms with Crippen LogP contribution < -0.4 is 0 Å². The molecule has 1 saturated carbocycles. The molecule has 2 aromatic heterocycles. The third kappa shape index (κ3) is 7.92. The molecule has 34 heavy (non-hydrogen) atoms. The van der Waals surface area contributed by atoms with Gasteiger partial charge in [0.2, 0.25) is 11.7 Å². The van der Waals surface area contributed by atoms with Crippen LogP contribution in [-0.4, -0.2) is 39.3 Å². The number of nitrogens with zero attached hydrogens (tertiary/aromatic N) is 3. The molecule has 1 atom stereocenters. The average Bonchev–Trinajstić information content (AvgIpc) is 3.28. The lowest BCUT2D eigenvalue weighted by molar-refractivity contribution is -0.155. The van der Waals surface area contributed by atoms with Gasteiger partial charge in [-0.2, -0.15) is 4.98 Å². The van der Waals surface area contributed by atoms with Gasteiger partial charge in [-0.1, -0.05) is 50.1 Å². The predicted octanol–water partition coefficient (Wildman–Crippen LogP) is 5.87. The van der Waals surface area contributed by atoms with E-state index in [1.54, 1.807) is 19.2 Å². The van der Waals surface area contributed by atoms with E-state index in [0.717, 1.165) is 25.2 Å². The Kier molecular flexibility index (Phi) is 9.19. The molecular weight excluding hydrogens is 434 g/mol. The van der Waals surface area contributed by atoms with Crippen LogP contribution in [0.4, 0.5) is 0 Å². The Labute approximate surface area is 201 Å². The Bertz CT molecular complexity index is 944. The van der Waals surface area contributed by atoms with E-state index in [9.17, 15) is 9.59 Å². The Morgan fingerprint density at radius 3 is 2.65 bits per heavy atom. The van der Waals surface area contributed by atoms with Crippen LogP contribution >= 0.6 is 0 Å². The van der Waals surface area contributed by atoms with E-state index < -0.39 is 11.6 Å². The van der Waals surface area contributed by atoms with Crippen molar-refractivity contribution < 1.29 is 23.6 Å². The minimum atomic E-state index is -0.553. The Balaban J connectivity index is 1.72. The summed E-state index contributed by atoms with van der Waals surface area (Å²) in [7, 11) is 0. The van der Waals surface area contributed by atoms with Crippen molar-refractivity contribution in [2.75, 3.05) is 6.61 Å². The lowest BCUT2D eigenvalue weighted by atomic mass is 9.84. The summed E-state index contributed by atoms with van der Waals surface area (Å²) in [5.41, 5.74) is 0.324. The first kappa shape index (κ1) is 25.8. The number of ether oxygens (including phenoxy) is 2. The van der Waals surface area contributed by atoms with Gasteiger partial charge in [-0.3, -0.25) is 9.78 Å². The molecule has 0 amide bonds. The van der Waals surface area contributed by atoms with Crippen molar-refractivity contribution >= 4 is 11.9 Å². The van der Waals surface area contributed by atoms with Crippen LogP contribution in [0, 0.1) is 5.92 Å². The molecule has 8 nitrogen and oxygen atoms in total. The zero-order chi connectivity index (χ0) is 24.6. The van der Waals surface area contributed by atoms with Crippen LogP contribution in [0.25, 0.3) is 11.4 Å². The average molecular weight is 472 g/mol. The van der Waals surface area contributed by atoms with Gasteiger partial charge in [0.1, 0.15) is 5.60 Å². The summed E-state index contributed by atoms with van der Waals surface area (Å²) >= 11 is 0. The van der Waals surface area contributed by atoms with Crippen molar-refractivity contribution in [2.45, 2.75) is 97.0 Å². The van der Waals surface area contributed by atoms with Gasteiger partial charge in [0.25, 0.3) is 0 Å². The molecule has 1 aliphatic carbocycles. The summed E-state index contributed by atoms with van der Waals surface area (Å²) in [5, 5.41) is 4.10. The van der Waals surface area contributed by atoms with Gasteiger partial charge in [-0.15, -0.1) is 0 Å². The van der Waals surface area contributed by atoms with E-state index in [2.05, 4.69) is 15.1 Å². The van der Waals surface area contributed by atoms with E-state index in [1.165, 1.54) is 38.3 Å². The number of hydrogen-bond donors (Lipinski definition) is 0. The summed E-state index contributed by atoms with van der Waals surface area (Å²) in [6, 6.07) is 1.63. The Morgan fingerprint density at radius 1 is 1.18 bits per heavy atom. The zero-order valence-electron chi connectivity index (χ0n) is 20.8. The number of aromatic nitrogens is 3. The van der Waals surface area contributed by atoms with Crippen LogP contribution in [0.5, 0.6) is 0 Å². The largest absolute Gasteiger partial charge is 0.462 e. The van der Waals surface area contributed by atoms with Crippen LogP contribution in [-0.2, 0) is 14.3 Å². The van der Waals surface area contributed by atoms with Crippen molar-refractivity contribution in [3.63, 3.8) is 0 Å². The van der Waals surface area contributed by atoms with Gasteiger partial charge in [-0.25, -0.2) is 4.79 Å². The number of esters is 2.